The van der Waals surface area contributed by atoms with Crippen molar-refractivity contribution >= 4 is 28.9 Å². The van der Waals surface area contributed by atoms with Gasteiger partial charge in [0.2, 0.25) is 11.0 Å². The van der Waals surface area contributed by atoms with Gasteiger partial charge >= 0.3 is 6.09 Å². The normalized spacial score (nSPS) is 14.0. The molecule has 0 bridgehead atoms. The van der Waals surface area contributed by atoms with E-state index in [0.717, 1.165) is 39.6 Å². The fraction of sp³-hybridized carbons (Fsp3) is 0.413. The molecule has 5 rings (SSSR count). The number of fused-ring (bicyclic) bond motifs is 3. The van der Waals surface area contributed by atoms with Crippen LogP contribution in [0.1, 0.15) is 76.6 Å². The van der Waals surface area contributed by atoms with Crippen LogP contribution in [0.25, 0.3) is 11.1 Å². The van der Waals surface area contributed by atoms with Gasteiger partial charge in [0.25, 0.3) is 0 Å². The van der Waals surface area contributed by atoms with Gasteiger partial charge in [0.05, 0.1) is 33.0 Å². The predicted molar refractivity (Wildman–Crippen MR) is 227 cm³/mol. The van der Waals surface area contributed by atoms with Crippen molar-refractivity contribution in [1.29, 1.82) is 0 Å². The summed E-state index contributed by atoms with van der Waals surface area (Å²) in [6.07, 6.45) is -1.40. The van der Waals surface area contributed by atoms with Gasteiger partial charge in [-0.2, -0.15) is 0 Å². The van der Waals surface area contributed by atoms with E-state index >= 15 is 0 Å². The first kappa shape index (κ1) is 43.9. The zero-order valence-electron chi connectivity index (χ0n) is 35.1. The molecule has 3 atom stereocenters. The Morgan fingerprint density at radius 1 is 0.724 bits per heavy atom. The van der Waals surface area contributed by atoms with Crippen LogP contribution in [-0.4, -0.2) is 74.4 Å². The second kappa shape index (κ2) is 19.0. The zero-order chi connectivity index (χ0) is 42.2. The van der Waals surface area contributed by atoms with E-state index in [1.165, 1.54) is 14.2 Å². The van der Waals surface area contributed by atoms with Gasteiger partial charge in [-0.3, -0.25) is 9.59 Å². The monoisotopic (exact) mass is 812 g/mol. The highest BCUT2D eigenvalue weighted by Gasteiger charge is 2.35. The van der Waals surface area contributed by atoms with Gasteiger partial charge in [-0.15, -0.1) is 0 Å². The van der Waals surface area contributed by atoms with Crippen molar-refractivity contribution in [3.8, 4) is 34.1 Å². The number of hydrogen-bond donors (Lipinski definition) is 2. The number of amides is 2. The number of methoxy groups -OCH3 is 3. The molecule has 58 heavy (non-hydrogen) atoms. The molecule has 2 N–H and O–H groups in total. The molecule has 310 valence electrons. The van der Waals surface area contributed by atoms with E-state index in [9.17, 15) is 14.4 Å². The van der Waals surface area contributed by atoms with Crippen molar-refractivity contribution in [1.82, 2.24) is 10.6 Å². The Balaban J connectivity index is 1.38. The molecule has 0 spiro atoms. The number of ether oxygens (including phenoxy) is 6. The van der Waals surface area contributed by atoms with Gasteiger partial charge in [-0.05, 0) is 88.4 Å². The summed E-state index contributed by atoms with van der Waals surface area (Å²) in [4.78, 5) is 42.2. The summed E-state index contributed by atoms with van der Waals surface area (Å²) >= 11 is 0.993. The molecule has 1 aliphatic rings. The van der Waals surface area contributed by atoms with Gasteiger partial charge in [-0.25, -0.2) is 4.79 Å². The van der Waals surface area contributed by atoms with Crippen LogP contribution in [0.3, 0.4) is 0 Å². The van der Waals surface area contributed by atoms with Crippen molar-refractivity contribution in [3.63, 3.8) is 0 Å². The van der Waals surface area contributed by atoms with Gasteiger partial charge in [0.1, 0.15) is 47.3 Å². The Bertz CT molecular complexity index is 1980. The maximum Gasteiger partial charge on any atom is 0.407 e. The first-order valence-electron chi connectivity index (χ1n) is 19.3. The minimum Gasteiger partial charge on any atom is -0.496 e. The van der Waals surface area contributed by atoms with E-state index in [0.29, 0.717) is 28.6 Å². The number of nitrogens with one attached hydrogen (secondary N) is 2. The lowest BCUT2D eigenvalue weighted by Gasteiger charge is -2.31. The molecule has 2 amide bonds. The molecule has 12 heteroatoms. The lowest BCUT2D eigenvalue weighted by atomic mass is 9.98. The quantitative estimate of drug-likeness (QED) is 0.114. The van der Waals surface area contributed by atoms with Gasteiger partial charge in [-0.1, -0.05) is 72.4 Å². The topological polar surface area (TPSA) is 131 Å². The smallest absolute Gasteiger partial charge is 0.407 e. The summed E-state index contributed by atoms with van der Waals surface area (Å²) in [5.74, 6) is 1.61. The molecule has 1 aliphatic carbocycles. The molecule has 0 saturated heterocycles. The van der Waals surface area contributed by atoms with Gasteiger partial charge < -0.3 is 39.1 Å². The third kappa shape index (κ3) is 11.5. The van der Waals surface area contributed by atoms with Gasteiger partial charge in [0, 0.05) is 35.8 Å². The van der Waals surface area contributed by atoms with Crippen molar-refractivity contribution < 1.29 is 42.8 Å². The SMILES string of the molecule is COc1cc(OC)c(CSC(=O)[C@@H](NC(=O)[C@H](Cc2ccc(OC(C)(C)C)cc2)NC(=O)OCC2c3ccccc3-c3ccccc32)[C@@H](C)OC(C)(C)C)c(OC)c1. The van der Waals surface area contributed by atoms with Crippen LogP contribution in [0.5, 0.6) is 23.0 Å². The number of rotatable bonds is 16. The summed E-state index contributed by atoms with van der Waals surface area (Å²) in [6, 6.07) is 24.7. The third-order valence-electron chi connectivity index (χ3n) is 9.48. The van der Waals surface area contributed by atoms with Crippen molar-refractivity contribution in [2.45, 2.75) is 95.9 Å². The largest absolute Gasteiger partial charge is 0.496 e. The number of hydrogen-bond acceptors (Lipinski definition) is 10. The molecule has 4 aromatic carbocycles. The van der Waals surface area contributed by atoms with Crippen molar-refractivity contribution in [2.75, 3.05) is 27.9 Å². The molecule has 0 fully saturated rings. The first-order valence-corrected chi connectivity index (χ1v) is 20.3. The van der Waals surface area contributed by atoms with Crippen LogP contribution < -0.4 is 29.6 Å². The van der Waals surface area contributed by atoms with Crippen LogP contribution in [0, 0.1) is 0 Å². The minimum atomic E-state index is -1.12. The zero-order valence-corrected chi connectivity index (χ0v) is 35.9. The lowest BCUT2D eigenvalue weighted by molar-refractivity contribution is -0.132. The Labute approximate surface area is 346 Å². The summed E-state index contributed by atoms with van der Waals surface area (Å²) in [7, 11) is 4.60. The number of benzene rings is 4. The number of carbonyl (C=O) groups is 3. The van der Waals surface area contributed by atoms with Crippen LogP contribution >= 0.6 is 11.8 Å². The van der Waals surface area contributed by atoms with E-state index in [2.05, 4.69) is 22.8 Å². The molecule has 0 aromatic heterocycles. The molecule has 11 nitrogen and oxygen atoms in total. The summed E-state index contributed by atoms with van der Waals surface area (Å²) in [5, 5.41) is 5.39. The molecular formula is C46H56N2O9S. The van der Waals surface area contributed by atoms with E-state index in [1.807, 2.05) is 102 Å². The van der Waals surface area contributed by atoms with Crippen LogP contribution in [0.15, 0.2) is 84.9 Å². The lowest BCUT2D eigenvalue weighted by Crippen LogP contribution is -2.56. The molecule has 0 unspecified atom stereocenters. The van der Waals surface area contributed by atoms with Crippen molar-refractivity contribution in [2.24, 2.45) is 0 Å². The molecule has 0 aliphatic heterocycles. The number of alkyl carbamates (subject to hydrolysis) is 1. The van der Waals surface area contributed by atoms with E-state index < -0.39 is 41.4 Å². The number of thioether (sulfide) groups is 1. The Hall–Kier alpha value is -5.20. The maximum absolute atomic E-state index is 14.4. The molecule has 0 heterocycles. The average molecular weight is 813 g/mol. The molecule has 0 saturated carbocycles. The summed E-state index contributed by atoms with van der Waals surface area (Å²) in [6.45, 7) is 13.3. The fourth-order valence-corrected chi connectivity index (χ4v) is 7.98. The third-order valence-corrected chi connectivity index (χ3v) is 10.4. The minimum absolute atomic E-state index is 0.0690. The van der Waals surface area contributed by atoms with Gasteiger partial charge in [0.15, 0.2) is 0 Å². The predicted octanol–water partition coefficient (Wildman–Crippen LogP) is 8.49. The highest BCUT2D eigenvalue weighted by Crippen LogP contribution is 2.44. The average Bonchev–Trinajstić information content (AvgIpc) is 3.50. The second-order valence-corrected chi connectivity index (χ2v) is 17.1. The fourth-order valence-electron chi connectivity index (χ4n) is 6.98. The highest BCUT2D eigenvalue weighted by molar-refractivity contribution is 8.13. The van der Waals surface area contributed by atoms with E-state index in [-0.39, 0.29) is 29.8 Å². The van der Waals surface area contributed by atoms with E-state index in [4.69, 9.17) is 28.4 Å². The number of carbonyl (C=O) groups excluding carboxylic acids is 3. The Kier molecular flexibility index (Phi) is 14.4. The van der Waals surface area contributed by atoms with E-state index in [1.54, 1.807) is 26.2 Å². The van der Waals surface area contributed by atoms with Crippen molar-refractivity contribution in [3.05, 3.63) is 107 Å². The summed E-state index contributed by atoms with van der Waals surface area (Å²) in [5.41, 5.74) is 4.72. The Morgan fingerprint density at radius 3 is 1.81 bits per heavy atom. The van der Waals surface area contributed by atoms with Crippen LogP contribution in [-0.2, 0) is 31.2 Å². The Morgan fingerprint density at radius 2 is 1.29 bits per heavy atom. The standard InChI is InChI=1S/C46H56N2O9S/c1-28(56-45(2,3)4)41(43(50)58-27-37-39(53-9)24-31(52-8)25-40(37)54-10)48-42(49)38(23-29-19-21-30(22-20-29)57-46(5,6)7)47-44(51)55-26-36-34-17-13-11-15-32(34)33-16-12-14-18-35(33)36/h11-22,24-25,28,36,38,41H,23,26-27H2,1-10H3,(H,47,51)(H,48,49)/t28-,38+,41+/m1/s1. The van der Waals surface area contributed by atoms with Crippen LogP contribution in [0.4, 0.5) is 4.79 Å². The maximum atomic E-state index is 14.4. The summed E-state index contributed by atoms with van der Waals surface area (Å²) < 4.78 is 34.7. The first-order chi connectivity index (χ1) is 27.5. The van der Waals surface area contributed by atoms with Crippen LogP contribution in [0.2, 0.25) is 0 Å². The second-order valence-electron chi connectivity index (χ2n) is 16.1. The highest BCUT2D eigenvalue weighted by atomic mass is 32.2. The molecule has 0 radical (unpaired) electrons. The molecule has 4 aromatic rings. The molecular weight excluding hydrogens is 757 g/mol.